The molecule has 0 atom stereocenters. The van der Waals surface area contributed by atoms with E-state index >= 15 is 0 Å². The number of pyridine rings is 1. The van der Waals surface area contributed by atoms with E-state index in [0.717, 1.165) is 5.39 Å². The summed E-state index contributed by atoms with van der Waals surface area (Å²) < 4.78 is 12.7. The zero-order chi connectivity index (χ0) is 17.4. The number of rotatable bonds is 3. The van der Waals surface area contributed by atoms with E-state index in [1.807, 2.05) is 18.2 Å². The van der Waals surface area contributed by atoms with Crippen LogP contribution in [0.3, 0.4) is 0 Å². The summed E-state index contributed by atoms with van der Waals surface area (Å²) in [7, 11) is 1.72. The number of benzene rings is 1. The molecule has 0 spiro atoms. The third kappa shape index (κ3) is 2.96. The Hall–Kier alpha value is -2.86. The first-order valence-corrected chi connectivity index (χ1v) is 8.10. The Balaban J connectivity index is 1.70. The number of ether oxygens (including phenoxy) is 2. The van der Waals surface area contributed by atoms with Crippen molar-refractivity contribution < 1.29 is 14.3 Å². The predicted octanol–water partition coefficient (Wildman–Crippen LogP) is 3.29. The molecule has 7 heteroatoms. The Kier molecular flexibility index (Phi) is 3.89. The fourth-order valence-corrected chi connectivity index (χ4v) is 2.90. The second-order valence-electron chi connectivity index (χ2n) is 5.59. The van der Waals surface area contributed by atoms with Crippen molar-refractivity contribution in [3.8, 4) is 11.5 Å². The van der Waals surface area contributed by atoms with Crippen molar-refractivity contribution in [2.24, 2.45) is 7.05 Å². The number of carbonyl (C=O) groups excluding carboxylic acids is 1. The molecule has 0 unspecified atom stereocenters. The minimum absolute atomic E-state index is 0.154. The highest BCUT2D eigenvalue weighted by Crippen LogP contribution is 2.35. The number of hydrogen-bond acceptors (Lipinski definition) is 5. The van der Waals surface area contributed by atoms with Gasteiger partial charge in [0.15, 0.2) is 11.5 Å². The number of aromatic nitrogens is 3. The van der Waals surface area contributed by atoms with Gasteiger partial charge in [-0.1, -0.05) is 11.6 Å². The zero-order valence-electron chi connectivity index (χ0n) is 13.4. The molecule has 0 aliphatic carbocycles. The number of hydrogen-bond donors (Lipinski definition) is 0. The molecule has 0 saturated heterocycles. The number of nitrogens with zero attached hydrogens (tertiary/aromatic N) is 3. The van der Waals surface area contributed by atoms with Gasteiger partial charge in [0.05, 0.1) is 5.52 Å². The highest BCUT2D eigenvalue weighted by molar-refractivity contribution is 6.31. The number of fused-ring (bicyclic) bond motifs is 2. The molecule has 0 bridgehead atoms. The number of carbonyl (C=O) groups is 1. The topological polar surface area (TPSA) is 66.2 Å². The standard InChI is InChI=1S/C18H14ClN3O3/c1-22-14(4-5-20-22)15(23)3-2-11-8-12-9-16-17(25-7-6-24-16)10-13(12)21-18(11)19/h2-5,8-10H,6-7H2,1H3. The molecule has 3 heterocycles. The first-order chi connectivity index (χ1) is 12.1. The minimum atomic E-state index is -0.154. The minimum Gasteiger partial charge on any atom is -0.486 e. The maximum absolute atomic E-state index is 12.2. The lowest BCUT2D eigenvalue weighted by molar-refractivity contribution is 0.103. The van der Waals surface area contributed by atoms with E-state index in [4.69, 9.17) is 21.1 Å². The van der Waals surface area contributed by atoms with Gasteiger partial charge in [-0.3, -0.25) is 9.48 Å². The van der Waals surface area contributed by atoms with Crippen LogP contribution < -0.4 is 9.47 Å². The van der Waals surface area contributed by atoms with Gasteiger partial charge in [0.25, 0.3) is 0 Å². The molecule has 0 saturated carbocycles. The van der Waals surface area contributed by atoms with Crippen LogP contribution in [0.15, 0.2) is 36.5 Å². The lowest BCUT2D eigenvalue weighted by Gasteiger charge is -2.18. The van der Waals surface area contributed by atoms with E-state index in [0.29, 0.717) is 46.6 Å². The number of aryl methyl sites for hydroxylation is 1. The summed E-state index contributed by atoms with van der Waals surface area (Å²) in [5.74, 6) is 1.19. The van der Waals surface area contributed by atoms with Crippen LogP contribution in [-0.2, 0) is 7.05 Å². The second kappa shape index (κ2) is 6.22. The van der Waals surface area contributed by atoms with E-state index in [1.54, 1.807) is 25.4 Å². The summed E-state index contributed by atoms with van der Waals surface area (Å²) >= 11 is 6.26. The molecule has 126 valence electrons. The van der Waals surface area contributed by atoms with E-state index in [1.165, 1.54) is 10.8 Å². The van der Waals surface area contributed by atoms with Crippen LogP contribution in [0.4, 0.5) is 0 Å². The molecule has 0 fully saturated rings. The van der Waals surface area contributed by atoms with Crippen molar-refractivity contribution in [1.29, 1.82) is 0 Å². The number of allylic oxidation sites excluding steroid dienone is 1. The Morgan fingerprint density at radius 2 is 2.00 bits per heavy atom. The van der Waals surface area contributed by atoms with Crippen molar-refractivity contribution in [3.05, 3.63) is 52.9 Å². The summed E-state index contributed by atoms with van der Waals surface area (Å²) in [4.78, 5) is 16.6. The van der Waals surface area contributed by atoms with Gasteiger partial charge in [-0.25, -0.2) is 4.98 Å². The van der Waals surface area contributed by atoms with Crippen LogP contribution in [0.25, 0.3) is 17.0 Å². The molecule has 1 aliphatic rings. The van der Waals surface area contributed by atoms with Crippen molar-refractivity contribution in [1.82, 2.24) is 14.8 Å². The van der Waals surface area contributed by atoms with Crippen LogP contribution in [0.1, 0.15) is 16.1 Å². The molecule has 1 aromatic carbocycles. The largest absolute Gasteiger partial charge is 0.486 e. The van der Waals surface area contributed by atoms with E-state index < -0.39 is 0 Å². The maximum Gasteiger partial charge on any atom is 0.203 e. The van der Waals surface area contributed by atoms with Gasteiger partial charge in [0.2, 0.25) is 5.78 Å². The first kappa shape index (κ1) is 15.7. The predicted molar refractivity (Wildman–Crippen MR) is 94.3 cm³/mol. The maximum atomic E-state index is 12.2. The lowest BCUT2D eigenvalue weighted by Crippen LogP contribution is -2.15. The van der Waals surface area contributed by atoms with Crippen molar-refractivity contribution in [3.63, 3.8) is 0 Å². The highest BCUT2D eigenvalue weighted by Gasteiger charge is 2.14. The molecule has 3 aromatic rings. The number of halogens is 1. The molecule has 0 N–H and O–H groups in total. The van der Waals surface area contributed by atoms with Crippen LogP contribution >= 0.6 is 11.6 Å². The molecule has 25 heavy (non-hydrogen) atoms. The molecule has 0 amide bonds. The average Bonchev–Trinajstić information content (AvgIpc) is 3.04. The monoisotopic (exact) mass is 355 g/mol. The molecular formula is C18H14ClN3O3. The summed E-state index contributed by atoms with van der Waals surface area (Å²) in [6.45, 7) is 1.04. The Morgan fingerprint density at radius 3 is 2.72 bits per heavy atom. The molecule has 6 nitrogen and oxygen atoms in total. The zero-order valence-corrected chi connectivity index (χ0v) is 14.2. The van der Waals surface area contributed by atoms with Gasteiger partial charge < -0.3 is 9.47 Å². The summed E-state index contributed by atoms with van der Waals surface area (Å²) in [6, 6.07) is 7.21. The molecular weight excluding hydrogens is 342 g/mol. The summed E-state index contributed by atoms with van der Waals surface area (Å²) in [5, 5.41) is 5.17. The Bertz CT molecular complexity index is 1010. The van der Waals surface area contributed by atoms with Crippen LogP contribution in [-0.4, -0.2) is 33.8 Å². The van der Waals surface area contributed by atoms with Crippen molar-refractivity contribution in [2.45, 2.75) is 0 Å². The Labute approximate surface area is 148 Å². The van der Waals surface area contributed by atoms with Crippen LogP contribution in [0.5, 0.6) is 11.5 Å². The molecule has 4 rings (SSSR count). The molecule has 0 radical (unpaired) electrons. The van der Waals surface area contributed by atoms with E-state index in [-0.39, 0.29) is 5.78 Å². The van der Waals surface area contributed by atoms with Gasteiger partial charge in [-0.2, -0.15) is 5.10 Å². The fourth-order valence-electron chi connectivity index (χ4n) is 2.69. The number of ketones is 1. The SMILES string of the molecule is Cn1nccc1C(=O)C=Cc1cc2cc3c(cc2nc1Cl)OCCO3. The van der Waals surface area contributed by atoms with Gasteiger partial charge in [-0.15, -0.1) is 0 Å². The smallest absolute Gasteiger partial charge is 0.203 e. The summed E-state index contributed by atoms with van der Waals surface area (Å²) in [6.07, 6.45) is 4.70. The van der Waals surface area contributed by atoms with Crippen molar-refractivity contribution >= 4 is 34.4 Å². The van der Waals surface area contributed by atoms with Crippen LogP contribution in [0.2, 0.25) is 5.15 Å². The summed E-state index contributed by atoms with van der Waals surface area (Å²) in [5.41, 5.74) is 1.87. The van der Waals surface area contributed by atoms with Crippen molar-refractivity contribution in [2.75, 3.05) is 13.2 Å². The average molecular weight is 356 g/mol. The van der Waals surface area contributed by atoms with E-state index in [9.17, 15) is 4.79 Å². The normalized spacial score (nSPS) is 13.5. The Morgan fingerprint density at radius 1 is 1.24 bits per heavy atom. The highest BCUT2D eigenvalue weighted by atomic mass is 35.5. The van der Waals surface area contributed by atoms with Gasteiger partial charge in [0.1, 0.15) is 24.1 Å². The first-order valence-electron chi connectivity index (χ1n) is 7.72. The van der Waals surface area contributed by atoms with Crippen LogP contribution in [0, 0.1) is 0 Å². The third-order valence-electron chi connectivity index (χ3n) is 3.95. The molecule has 1 aliphatic heterocycles. The third-order valence-corrected chi connectivity index (χ3v) is 4.25. The lowest BCUT2D eigenvalue weighted by atomic mass is 10.1. The fraction of sp³-hybridized carbons (Fsp3) is 0.167. The quantitative estimate of drug-likeness (QED) is 0.410. The van der Waals surface area contributed by atoms with Gasteiger partial charge in [-0.05, 0) is 30.4 Å². The van der Waals surface area contributed by atoms with Gasteiger partial charge in [0, 0.05) is 30.3 Å². The second-order valence-corrected chi connectivity index (χ2v) is 5.95. The van der Waals surface area contributed by atoms with Gasteiger partial charge >= 0.3 is 0 Å². The molecule has 2 aromatic heterocycles. The van der Waals surface area contributed by atoms with E-state index in [2.05, 4.69) is 10.1 Å².